The molecular formula is C29H37NO5. The molecule has 1 aliphatic heterocycles. The van der Waals surface area contributed by atoms with Crippen LogP contribution >= 0.6 is 0 Å². The zero-order valence-corrected chi connectivity index (χ0v) is 20.3. The molecule has 0 bridgehead atoms. The monoisotopic (exact) mass is 479 g/mol. The molecule has 4 atom stereocenters. The van der Waals surface area contributed by atoms with E-state index in [0.29, 0.717) is 32.7 Å². The van der Waals surface area contributed by atoms with Crippen LogP contribution in [-0.2, 0) is 20.9 Å². The number of ether oxygens (including phenoxy) is 2. The Labute approximate surface area is 208 Å². The molecule has 6 nitrogen and oxygen atoms in total. The number of hydrogen-bond donors (Lipinski definition) is 2. The van der Waals surface area contributed by atoms with Gasteiger partial charge in [-0.25, -0.2) is 0 Å². The zero-order chi connectivity index (χ0) is 24.5. The van der Waals surface area contributed by atoms with Crippen molar-refractivity contribution < 1.29 is 24.5 Å². The molecule has 1 aliphatic carbocycles. The lowest BCUT2D eigenvalue weighted by atomic mass is 9.93. The Balaban J connectivity index is 1.37. The number of carbonyl (C=O) groups is 1. The fraction of sp³-hybridized carbons (Fsp3) is 0.483. The van der Waals surface area contributed by atoms with E-state index < -0.39 is 12.1 Å². The topological polar surface area (TPSA) is 79.2 Å². The van der Waals surface area contributed by atoms with Gasteiger partial charge in [-0.15, -0.1) is 0 Å². The molecule has 1 saturated heterocycles. The summed E-state index contributed by atoms with van der Waals surface area (Å²) in [4.78, 5) is 13.1. The summed E-state index contributed by atoms with van der Waals surface area (Å²) in [5.41, 5.74) is 3.51. The van der Waals surface area contributed by atoms with Crippen LogP contribution in [0.25, 0.3) is 11.1 Å². The molecule has 6 heteroatoms. The minimum absolute atomic E-state index is 0.0148. The van der Waals surface area contributed by atoms with E-state index in [9.17, 15) is 9.90 Å². The van der Waals surface area contributed by atoms with Gasteiger partial charge in [0.1, 0.15) is 0 Å². The number of aliphatic hydroxyl groups is 1. The first-order valence-corrected chi connectivity index (χ1v) is 12.7. The number of rotatable bonds is 11. The summed E-state index contributed by atoms with van der Waals surface area (Å²) < 4.78 is 12.0. The van der Waals surface area contributed by atoms with E-state index in [0.717, 1.165) is 31.5 Å². The first kappa shape index (κ1) is 25.6. The standard InChI is InChI=1S/C29H37NO5/c31-26-20-27(35-21-22-12-14-24(15-13-22)23-8-4-3-5-9-23)25(10-6-1-2-7-11-28(32)33)29(26)30-16-18-34-19-17-30/h1-5,8-9,12-15,25-27,29,31H,6-7,10-11,16-21H2,(H,32,33)/b2-1-/t25-,26+,27-,29+/m0/s1. The highest BCUT2D eigenvalue weighted by Crippen LogP contribution is 2.37. The van der Waals surface area contributed by atoms with Crippen LogP contribution in [0, 0.1) is 5.92 Å². The third kappa shape index (κ3) is 7.24. The number of allylic oxidation sites excluding steroid dienone is 2. The van der Waals surface area contributed by atoms with Gasteiger partial charge in [0.2, 0.25) is 0 Å². The number of carboxylic acids is 1. The van der Waals surface area contributed by atoms with E-state index in [1.165, 1.54) is 11.1 Å². The molecule has 0 aromatic heterocycles. The van der Waals surface area contributed by atoms with Gasteiger partial charge in [-0.1, -0.05) is 66.7 Å². The minimum Gasteiger partial charge on any atom is -0.481 e. The molecule has 2 aromatic carbocycles. The summed E-state index contributed by atoms with van der Waals surface area (Å²) in [7, 11) is 0. The minimum atomic E-state index is -0.772. The maximum atomic E-state index is 11.0. The Hall–Kier alpha value is -2.51. The van der Waals surface area contributed by atoms with Crippen LogP contribution in [-0.4, -0.2) is 65.6 Å². The number of benzene rings is 2. The number of morpholine rings is 1. The molecule has 4 rings (SSSR count). The fourth-order valence-corrected chi connectivity index (χ4v) is 5.35. The molecule has 0 spiro atoms. The van der Waals surface area contributed by atoms with Gasteiger partial charge in [-0.3, -0.25) is 9.69 Å². The second-order valence-electron chi connectivity index (χ2n) is 9.50. The molecule has 0 radical (unpaired) electrons. The van der Waals surface area contributed by atoms with Crippen molar-refractivity contribution in [3.63, 3.8) is 0 Å². The molecule has 188 valence electrons. The van der Waals surface area contributed by atoms with Crippen molar-refractivity contribution in [3.05, 3.63) is 72.3 Å². The van der Waals surface area contributed by atoms with Crippen LogP contribution < -0.4 is 0 Å². The highest BCUT2D eigenvalue weighted by Gasteiger charge is 2.45. The second-order valence-corrected chi connectivity index (χ2v) is 9.50. The highest BCUT2D eigenvalue weighted by atomic mass is 16.5. The second kappa shape index (κ2) is 13.0. The van der Waals surface area contributed by atoms with Gasteiger partial charge >= 0.3 is 5.97 Å². The summed E-state index contributed by atoms with van der Waals surface area (Å²) in [6.45, 7) is 3.59. The third-order valence-electron chi connectivity index (χ3n) is 7.13. The summed E-state index contributed by atoms with van der Waals surface area (Å²) >= 11 is 0. The lowest BCUT2D eigenvalue weighted by molar-refractivity contribution is -0.136. The van der Waals surface area contributed by atoms with Crippen molar-refractivity contribution in [1.29, 1.82) is 0 Å². The Morgan fingerprint density at radius 3 is 2.40 bits per heavy atom. The molecule has 2 N–H and O–H groups in total. The number of nitrogens with zero attached hydrogens (tertiary/aromatic N) is 1. The molecule has 2 fully saturated rings. The average molecular weight is 480 g/mol. The van der Waals surface area contributed by atoms with Gasteiger partial charge in [0.15, 0.2) is 0 Å². The maximum Gasteiger partial charge on any atom is 0.303 e. The Bertz CT molecular complexity index is 939. The number of aliphatic hydroxyl groups excluding tert-OH is 1. The van der Waals surface area contributed by atoms with Gasteiger partial charge in [0, 0.05) is 37.9 Å². The first-order chi connectivity index (χ1) is 17.1. The van der Waals surface area contributed by atoms with Crippen molar-refractivity contribution in [3.8, 4) is 11.1 Å². The molecular weight excluding hydrogens is 442 g/mol. The van der Waals surface area contributed by atoms with Gasteiger partial charge < -0.3 is 19.7 Å². The van der Waals surface area contributed by atoms with Gasteiger partial charge in [0.05, 0.1) is 32.0 Å². The van der Waals surface area contributed by atoms with E-state index >= 15 is 0 Å². The summed E-state index contributed by atoms with van der Waals surface area (Å²) in [6.07, 6.45) is 6.69. The van der Waals surface area contributed by atoms with E-state index in [4.69, 9.17) is 14.6 Å². The van der Waals surface area contributed by atoms with Crippen LogP contribution in [0.1, 0.15) is 37.7 Å². The van der Waals surface area contributed by atoms with Crippen LogP contribution in [0.5, 0.6) is 0 Å². The summed E-state index contributed by atoms with van der Waals surface area (Å²) in [5, 5.41) is 19.8. The predicted molar refractivity (Wildman–Crippen MR) is 136 cm³/mol. The van der Waals surface area contributed by atoms with Gasteiger partial charge in [0.25, 0.3) is 0 Å². The molecule has 2 aromatic rings. The number of aliphatic carboxylic acids is 1. The molecule has 0 amide bonds. The predicted octanol–water partition coefficient (Wildman–Crippen LogP) is 4.52. The summed E-state index contributed by atoms with van der Waals surface area (Å²) in [6, 6.07) is 18.9. The van der Waals surface area contributed by atoms with Crippen molar-refractivity contribution >= 4 is 5.97 Å². The van der Waals surface area contributed by atoms with Gasteiger partial charge in [-0.2, -0.15) is 0 Å². The number of hydrogen-bond acceptors (Lipinski definition) is 5. The smallest absolute Gasteiger partial charge is 0.303 e. The molecule has 0 unspecified atom stereocenters. The van der Waals surface area contributed by atoms with Crippen LogP contribution in [0.3, 0.4) is 0 Å². The van der Waals surface area contributed by atoms with Crippen molar-refractivity contribution in [1.82, 2.24) is 4.90 Å². The van der Waals surface area contributed by atoms with E-state index in [-0.39, 0.29) is 24.5 Å². The average Bonchev–Trinajstić information content (AvgIpc) is 3.20. The van der Waals surface area contributed by atoms with Gasteiger partial charge in [-0.05, 0) is 36.0 Å². The Morgan fingerprint density at radius 2 is 1.69 bits per heavy atom. The zero-order valence-electron chi connectivity index (χ0n) is 20.3. The molecule has 1 saturated carbocycles. The Morgan fingerprint density at radius 1 is 1.00 bits per heavy atom. The first-order valence-electron chi connectivity index (χ1n) is 12.7. The van der Waals surface area contributed by atoms with Crippen molar-refractivity contribution in [2.75, 3.05) is 26.3 Å². The fourth-order valence-electron chi connectivity index (χ4n) is 5.35. The van der Waals surface area contributed by atoms with Crippen LogP contribution in [0.15, 0.2) is 66.7 Å². The lowest BCUT2D eigenvalue weighted by Gasteiger charge is -2.38. The van der Waals surface area contributed by atoms with E-state index in [2.05, 4.69) is 47.4 Å². The lowest BCUT2D eigenvalue weighted by Crippen LogP contribution is -2.50. The number of carboxylic acid groups (broad SMARTS) is 1. The summed E-state index contributed by atoms with van der Waals surface area (Å²) in [5.74, 6) is -0.554. The van der Waals surface area contributed by atoms with Crippen LogP contribution in [0.4, 0.5) is 0 Å². The SMILES string of the molecule is O=C(O)CC/C=C\CC[C@@H]1[C@@H](N2CCOCC2)[C@H](O)C[C@@H]1OCc1ccc(-c2ccccc2)cc1. The van der Waals surface area contributed by atoms with Crippen molar-refractivity contribution in [2.24, 2.45) is 5.92 Å². The molecule has 35 heavy (non-hydrogen) atoms. The largest absolute Gasteiger partial charge is 0.481 e. The molecule has 1 heterocycles. The van der Waals surface area contributed by atoms with Crippen LogP contribution in [0.2, 0.25) is 0 Å². The quantitative estimate of drug-likeness (QED) is 0.462. The normalized spacial score (nSPS) is 25.3. The van der Waals surface area contributed by atoms with E-state index in [1.54, 1.807) is 0 Å². The highest BCUT2D eigenvalue weighted by molar-refractivity contribution is 5.66. The maximum absolute atomic E-state index is 11.0. The third-order valence-corrected chi connectivity index (χ3v) is 7.13. The molecule has 2 aliphatic rings. The van der Waals surface area contributed by atoms with E-state index in [1.807, 2.05) is 24.3 Å². The Kier molecular flexibility index (Phi) is 9.49. The van der Waals surface area contributed by atoms with Crippen molar-refractivity contribution in [2.45, 2.75) is 57.0 Å².